The Hall–Kier alpha value is -1.82. The van der Waals surface area contributed by atoms with E-state index >= 15 is 0 Å². The first-order valence-corrected chi connectivity index (χ1v) is 6.94. The number of halogens is 1. The molecule has 0 heterocycles. The van der Waals surface area contributed by atoms with Crippen LogP contribution in [0.1, 0.15) is 29.7 Å². The van der Waals surface area contributed by atoms with Crippen LogP contribution in [0.5, 0.6) is 0 Å². The first-order chi connectivity index (χ1) is 9.63. The third kappa shape index (κ3) is 3.19. The second-order valence-corrected chi connectivity index (χ2v) is 5.29. The molecule has 2 aromatic rings. The second kappa shape index (κ2) is 6.56. The Morgan fingerprint density at radius 1 is 1.15 bits per heavy atom. The Bertz CT molecular complexity index is 631. The fourth-order valence-corrected chi connectivity index (χ4v) is 2.52. The number of nitriles is 1. The van der Waals surface area contributed by atoms with Crippen LogP contribution in [0.2, 0.25) is 5.02 Å². The van der Waals surface area contributed by atoms with Gasteiger partial charge in [-0.25, -0.2) is 0 Å². The minimum Gasteiger partial charge on any atom is -0.295 e. The van der Waals surface area contributed by atoms with Crippen LogP contribution in [-0.2, 0) is 6.54 Å². The third-order valence-corrected chi connectivity index (χ3v) is 3.92. The molecule has 0 aliphatic carbocycles. The molecule has 0 radical (unpaired) electrons. The van der Waals surface area contributed by atoms with Gasteiger partial charge in [-0.05, 0) is 37.2 Å². The average molecular weight is 285 g/mol. The Kier molecular flexibility index (Phi) is 4.79. The molecule has 20 heavy (non-hydrogen) atoms. The first kappa shape index (κ1) is 14.6. The predicted octanol–water partition coefficient (Wildman–Crippen LogP) is 4.40. The van der Waals surface area contributed by atoms with Gasteiger partial charge in [0.15, 0.2) is 0 Å². The molecule has 0 amide bonds. The van der Waals surface area contributed by atoms with E-state index in [2.05, 4.69) is 17.9 Å². The first-order valence-electron chi connectivity index (χ1n) is 6.56. The smallest absolute Gasteiger partial charge is 0.0995 e. The van der Waals surface area contributed by atoms with E-state index in [1.54, 1.807) is 0 Å². The molecule has 3 heteroatoms. The van der Waals surface area contributed by atoms with Crippen LogP contribution in [0.3, 0.4) is 0 Å². The number of nitrogens with zero attached hydrogens (tertiary/aromatic N) is 2. The summed E-state index contributed by atoms with van der Waals surface area (Å²) in [6, 6.07) is 18.0. The van der Waals surface area contributed by atoms with E-state index in [1.165, 1.54) is 0 Å². The highest BCUT2D eigenvalue weighted by atomic mass is 35.5. The number of hydrogen-bond donors (Lipinski definition) is 0. The molecule has 2 rings (SSSR count). The van der Waals surface area contributed by atoms with Crippen LogP contribution in [0.15, 0.2) is 48.5 Å². The lowest BCUT2D eigenvalue weighted by Gasteiger charge is -2.26. The minimum atomic E-state index is 0.190. The maximum atomic E-state index is 9.14. The summed E-state index contributed by atoms with van der Waals surface area (Å²) in [5, 5.41) is 9.92. The highest BCUT2D eigenvalue weighted by Gasteiger charge is 2.15. The van der Waals surface area contributed by atoms with Crippen LogP contribution in [0.25, 0.3) is 0 Å². The molecule has 2 nitrogen and oxygen atoms in total. The van der Waals surface area contributed by atoms with E-state index in [0.717, 1.165) is 28.3 Å². The van der Waals surface area contributed by atoms with Crippen molar-refractivity contribution in [2.45, 2.75) is 19.5 Å². The van der Waals surface area contributed by atoms with Crippen molar-refractivity contribution in [2.75, 3.05) is 7.05 Å². The third-order valence-electron chi connectivity index (χ3n) is 3.57. The molecule has 0 fully saturated rings. The Labute approximate surface area is 125 Å². The molecule has 0 N–H and O–H groups in total. The summed E-state index contributed by atoms with van der Waals surface area (Å²) in [4.78, 5) is 2.19. The van der Waals surface area contributed by atoms with E-state index < -0.39 is 0 Å². The summed E-state index contributed by atoms with van der Waals surface area (Å²) >= 11 is 6.25. The molecule has 0 aromatic heterocycles. The molecule has 1 atom stereocenters. The summed E-state index contributed by atoms with van der Waals surface area (Å²) in [5.41, 5.74) is 2.87. The molecule has 0 aliphatic heterocycles. The van der Waals surface area contributed by atoms with Crippen molar-refractivity contribution in [1.29, 1.82) is 5.26 Å². The maximum Gasteiger partial charge on any atom is 0.0995 e. The van der Waals surface area contributed by atoms with Gasteiger partial charge < -0.3 is 0 Å². The van der Waals surface area contributed by atoms with Crippen molar-refractivity contribution < 1.29 is 0 Å². The monoisotopic (exact) mass is 284 g/mol. The van der Waals surface area contributed by atoms with Gasteiger partial charge in [0.25, 0.3) is 0 Å². The van der Waals surface area contributed by atoms with Crippen molar-refractivity contribution in [2.24, 2.45) is 0 Å². The van der Waals surface area contributed by atoms with Crippen molar-refractivity contribution >= 4 is 11.6 Å². The van der Waals surface area contributed by atoms with Crippen LogP contribution in [-0.4, -0.2) is 11.9 Å². The standard InChI is InChI=1S/C17H17ClN2/c1-13(16-9-5-6-10-17(16)18)20(2)12-15-8-4-3-7-14(15)11-19/h3-10,13H,12H2,1-2H3. The van der Waals surface area contributed by atoms with Crippen molar-refractivity contribution in [3.63, 3.8) is 0 Å². The molecule has 0 bridgehead atoms. The number of hydrogen-bond acceptors (Lipinski definition) is 2. The van der Waals surface area contributed by atoms with Gasteiger partial charge in [0.1, 0.15) is 0 Å². The highest BCUT2D eigenvalue weighted by Crippen LogP contribution is 2.27. The quantitative estimate of drug-likeness (QED) is 0.832. The molecule has 2 aromatic carbocycles. The van der Waals surface area contributed by atoms with Crippen LogP contribution in [0.4, 0.5) is 0 Å². The van der Waals surface area contributed by atoms with Crippen LogP contribution < -0.4 is 0 Å². The summed E-state index contributed by atoms with van der Waals surface area (Å²) in [5.74, 6) is 0. The number of rotatable bonds is 4. The van der Waals surface area contributed by atoms with E-state index in [1.807, 2.05) is 55.6 Å². The van der Waals surface area contributed by atoms with Gasteiger partial charge in [0.05, 0.1) is 11.6 Å². The molecule has 1 unspecified atom stereocenters. The fraction of sp³-hybridized carbons (Fsp3) is 0.235. The van der Waals surface area contributed by atoms with Gasteiger partial charge in [-0.2, -0.15) is 5.26 Å². The molecule has 102 valence electrons. The van der Waals surface area contributed by atoms with E-state index in [9.17, 15) is 0 Å². The predicted molar refractivity (Wildman–Crippen MR) is 82.5 cm³/mol. The lowest BCUT2D eigenvalue weighted by atomic mass is 10.0. The Morgan fingerprint density at radius 2 is 1.80 bits per heavy atom. The van der Waals surface area contributed by atoms with Crippen LogP contribution >= 0.6 is 11.6 Å². The average Bonchev–Trinajstić information content (AvgIpc) is 2.47. The lowest BCUT2D eigenvalue weighted by Crippen LogP contribution is -2.22. The van der Waals surface area contributed by atoms with Gasteiger partial charge in [-0.3, -0.25) is 4.90 Å². The second-order valence-electron chi connectivity index (χ2n) is 4.88. The number of benzene rings is 2. The Morgan fingerprint density at radius 3 is 2.50 bits per heavy atom. The summed E-state index contributed by atoms with van der Waals surface area (Å²) in [7, 11) is 2.04. The van der Waals surface area contributed by atoms with E-state index in [-0.39, 0.29) is 6.04 Å². The SMILES string of the molecule is CC(c1ccccc1Cl)N(C)Cc1ccccc1C#N. The molecule has 0 spiro atoms. The zero-order chi connectivity index (χ0) is 14.5. The van der Waals surface area contributed by atoms with Gasteiger partial charge in [-0.1, -0.05) is 48.0 Å². The van der Waals surface area contributed by atoms with Crippen molar-refractivity contribution in [3.8, 4) is 6.07 Å². The largest absolute Gasteiger partial charge is 0.295 e. The van der Waals surface area contributed by atoms with Gasteiger partial charge in [0.2, 0.25) is 0 Å². The van der Waals surface area contributed by atoms with E-state index in [4.69, 9.17) is 16.9 Å². The van der Waals surface area contributed by atoms with E-state index in [0.29, 0.717) is 0 Å². The molecule has 0 saturated heterocycles. The minimum absolute atomic E-state index is 0.190. The normalized spacial score (nSPS) is 12.2. The van der Waals surface area contributed by atoms with Crippen LogP contribution in [0, 0.1) is 11.3 Å². The topological polar surface area (TPSA) is 27.0 Å². The zero-order valence-corrected chi connectivity index (χ0v) is 12.4. The highest BCUT2D eigenvalue weighted by molar-refractivity contribution is 6.31. The van der Waals surface area contributed by atoms with Gasteiger partial charge in [-0.15, -0.1) is 0 Å². The molecular formula is C17H17ClN2. The van der Waals surface area contributed by atoms with Crippen molar-refractivity contribution in [3.05, 3.63) is 70.2 Å². The Balaban J connectivity index is 2.18. The van der Waals surface area contributed by atoms with Gasteiger partial charge in [0, 0.05) is 17.6 Å². The molecular weight excluding hydrogens is 268 g/mol. The van der Waals surface area contributed by atoms with Gasteiger partial charge >= 0.3 is 0 Å². The zero-order valence-electron chi connectivity index (χ0n) is 11.7. The molecule has 0 aliphatic rings. The summed E-state index contributed by atoms with van der Waals surface area (Å²) < 4.78 is 0. The van der Waals surface area contributed by atoms with Crippen molar-refractivity contribution in [1.82, 2.24) is 4.90 Å². The lowest BCUT2D eigenvalue weighted by molar-refractivity contribution is 0.253. The summed E-state index contributed by atoms with van der Waals surface area (Å²) in [6.45, 7) is 2.84. The molecule has 0 saturated carbocycles. The fourth-order valence-electron chi connectivity index (χ4n) is 2.22. The maximum absolute atomic E-state index is 9.14. The summed E-state index contributed by atoms with van der Waals surface area (Å²) in [6.07, 6.45) is 0.